The highest BCUT2D eigenvalue weighted by Crippen LogP contribution is 2.27. The number of amides is 2. The van der Waals surface area contributed by atoms with E-state index in [-0.39, 0.29) is 17.9 Å². The first-order chi connectivity index (χ1) is 15.0. The number of para-hydroxylation sites is 1. The highest BCUT2D eigenvalue weighted by atomic mass is 35.5. The van der Waals surface area contributed by atoms with Crippen LogP contribution in [0.25, 0.3) is 10.9 Å². The lowest BCUT2D eigenvalue weighted by atomic mass is 10.1. The molecule has 1 fully saturated rings. The van der Waals surface area contributed by atoms with Crippen molar-refractivity contribution < 1.29 is 14.3 Å². The molecule has 0 bridgehead atoms. The third-order valence-corrected chi connectivity index (χ3v) is 5.92. The van der Waals surface area contributed by atoms with Gasteiger partial charge in [0.25, 0.3) is 5.91 Å². The molecule has 1 aliphatic rings. The quantitative estimate of drug-likeness (QED) is 0.635. The number of H-pyrrole nitrogens is 1. The molecule has 2 heterocycles. The Morgan fingerprint density at radius 1 is 1.16 bits per heavy atom. The molecule has 1 aliphatic heterocycles. The van der Waals surface area contributed by atoms with Crippen LogP contribution < -0.4 is 10.1 Å². The lowest BCUT2D eigenvalue weighted by Crippen LogP contribution is -2.54. The van der Waals surface area contributed by atoms with E-state index in [0.29, 0.717) is 48.3 Å². The number of carbonyl (C=O) groups excluding carboxylic acids is 2. The number of aromatic nitrogens is 2. The second-order valence-corrected chi connectivity index (χ2v) is 7.87. The van der Waals surface area contributed by atoms with Crippen LogP contribution in [0.5, 0.6) is 5.75 Å². The fourth-order valence-corrected chi connectivity index (χ4v) is 4.00. The van der Waals surface area contributed by atoms with Gasteiger partial charge in [-0.15, -0.1) is 0 Å². The van der Waals surface area contributed by atoms with Crippen molar-refractivity contribution in [1.29, 1.82) is 0 Å². The van der Waals surface area contributed by atoms with E-state index < -0.39 is 0 Å². The number of ether oxygens (including phenoxy) is 1. The SMILES string of the molecule is COc1ccc(NC(=O)C(C)N2CCN(C(=O)c3n[nH]c4ccccc34)CC2)cc1Cl. The summed E-state index contributed by atoms with van der Waals surface area (Å²) in [6.45, 7) is 4.13. The number of hydrogen-bond donors (Lipinski definition) is 2. The Labute approximate surface area is 185 Å². The number of fused-ring (bicyclic) bond motifs is 1. The number of carbonyl (C=O) groups is 2. The lowest BCUT2D eigenvalue weighted by molar-refractivity contribution is -0.121. The topological polar surface area (TPSA) is 90.6 Å². The number of halogens is 1. The summed E-state index contributed by atoms with van der Waals surface area (Å²) in [5.41, 5.74) is 1.89. The molecule has 9 heteroatoms. The first kappa shape index (κ1) is 21.1. The molecule has 2 amide bonds. The molecule has 1 atom stereocenters. The van der Waals surface area contributed by atoms with E-state index >= 15 is 0 Å². The summed E-state index contributed by atoms with van der Waals surface area (Å²) in [4.78, 5) is 29.5. The summed E-state index contributed by atoms with van der Waals surface area (Å²) in [5.74, 6) is 0.333. The molecule has 0 aliphatic carbocycles. The molecule has 1 aromatic heterocycles. The zero-order valence-electron chi connectivity index (χ0n) is 17.4. The van der Waals surface area contributed by atoms with Crippen molar-refractivity contribution in [2.45, 2.75) is 13.0 Å². The first-order valence-corrected chi connectivity index (χ1v) is 10.5. The highest BCUT2D eigenvalue weighted by molar-refractivity contribution is 6.32. The minimum absolute atomic E-state index is 0.0953. The Kier molecular flexibility index (Phi) is 6.11. The molecule has 3 aromatic rings. The van der Waals surface area contributed by atoms with Crippen LogP contribution in [-0.4, -0.2) is 71.1 Å². The van der Waals surface area contributed by atoms with Gasteiger partial charge in [0.1, 0.15) is 5.75 Å². The van der Waals surface area contributed by atoms with Gasteiger partial charge < -0.3 is 15.0 Å². The second kappa shape index (κ2) is 8.95. The summed E-state index contributed by atoms with van der Waals surface area (Å²) in [7, 11) is 1.54. The van der Waals surface area contributed by atoms with Crippen LogP contribution in [0, 0.1) is 0 Å². The summed E-state index contributed by atoms with van der Waals surface area (Å²) >= 11 is 6.13. The predicted molar refractivity (Wildman–Crippen MR) is 120 cm³/mol. The minimum atomic E-state index is -0.343. The fourth-order valence-electron chi connectivity index (χ4n) is 3.75. The van der Waals surface area contributed by atoms with Gasteiger partial charge in [-0.3, -0.25) is 19.6 Å². The van der Waals surface area contributed by atoms with Crippen LogP contribution >= 0.6 is 11.6 Å². The maximum atomic E-state index is 12.9. The number of hydrogen-bond acceptors (Lipinski definition) is 5. The second-order valence-electron chi connectivity index (χ2n) is 7.46. The molecule has 4 rings (SSSR count). The summed E-state index contributed by atoms with van der Waals surface area (Å²) in [6, 6.07) is 12.4. The summed E-state index contributed by atoms with van der Waals surface area (Å²) < 4.78 is 5.14. The van der Waals surface area contributed by atoms with Crippen molar-refractivity contribution in [2.75, 3.05) is 38.6 Å². The molecule has 31 heavy (non-hydrogen) atoms. The van der Waals surface area contributed by atoms with Gasteiger partial charge >= 0.3 is 0 Å². The van der Waals surface area contributed by atoms with Crippen LogP contribution in [0.15, 0.2) is 42.5 Å². The molecule has 0 spiro atoms. The van der Waals surface area contributed by atoms with Gasteiger partial charge in [0, 0.05) is 37.3 Å². The predicted octanol–water partition coefficient (Wildman–Crippen LogP) is 3.01. The number of methoxy groups -OCH3 is 1. The number of rotatable bonds is 5. The monoisotopic (exact) mass is 441 g/mol. The van der Waals surface area contributed by atoms with E-state index in [4.69, 9.17) is 16.3 Å². The van der Waals surface area contributed by atoms with Crippen molar-refractivity contribution in [2.24, 2.45) is 0 Å². The molecule has 162 valence electrons. The van der Waals surface area contributed by atoms with E-state index in [2.05, 4.69) is 20.4 Å². The fraction of sp³-hybridized carbons (Fsp3) is 0.318. The van der Waals surface area contributed by atoms with Gasteiger partial charge in [-0.2, -0.15) is 5.10 Å². The van der Waals surface area contributed by atoms with E-state index in [1.165, 1.54) is 0 Å². The zero-order chi connectivity index (χ0) is 22.0. The number of anilines is 1. The molecule has 2 N–H and O–H groups in total. The first-order valence-electron chi connectivity index (χ1n) is 10.1. The Balaban J connectivity index is 1.35. The Morgan fingerprint density at radius 3 is 2.61 bits per heavy atom. The van der Waals surface area contributed by atoms with E-state index in [0.717, 1.165) is 10.9 Å². The van der Waals surface area contributed by atoms with E-state index in [1.807, 2.05) is 31.2 Å². The van der Waals surface area contributed by atoms with Crippen molar-refractivity contribution in [1.82, 2.24) is 20.0 Å². The minimum Gasteiger partial charge on any atom is -0.495 e. The Morgan fingerprint density at radius 2 is 1.90 bits per heavy atom. The van der Waals surface area contributed by atoms with Gasteiger partial charge in [-0.25, -0.2) is 0 Å². The molecular formula is C22H24ClN5O3. The lowest BCUT2D eigenvalue weighted by Gasteiger charge is -2.37. The average molecular weight is 442 g/mol. The van der Waals surface area contributed by atoms with Crippen LogP contribution in [0.1, 0.15) is 17.4 Å². The molecule has 0 saturated carbocycles. The third-order valence-electron chi connectivity index (χ3n) is 5.62. The Bertz CT molecular complexity index is 1110. The standard InChI is InChI=1S/C22H24ClN5O3/c1-14(21(29)24-15-7-8-19(31-2)17(23)13-15)27-9-11-28(12-10-27)22(30)20-16-5-3-4-6-18(16)25-26-20/h3-8,13-14H,9-12H2,1-2H3,(H,24,29)(H,25,26). The van der Waals surface area contributed by atoms with Crippen LogP contribution in [0.4, 0.5) is 5.69 Å². The Hall–Kier alpha value is -3.10. The van der Waals surface area contributed by atoms with Crippen molar-refractivity contribution in [3.8, 4) is 5.75 Å². The number of nitrogens with zero attached hydrogens (tertiary/aromatic N) is 3. The summed E-state index contributed by atoms with van der Waals surface area (Å²) in [6.07, 6.45) is 0. The average Bonchev–Trinajstić information content (AvgIpc) is 3.22. The van der Waals surface area contributed by atoms with Gasteiger partial charge in [-0.05, 0) is 31.2 Å². The van der Waals surface area contributed by atoms with Crippen molar-refractivity contribution >= 4 is 40.0 Å². The van der Waals surface area contributed by atoms with Crippen LogP contribution in [-0.2, 0) is 4.79 Å². The van der Waals surface area contributed by atoms with Crippen LogP contribution in [0.2, 0.25) is 5.02 Å². The van der Waals surface area contributed by atoms with E-state index in [1.54, 1.807) is 30.2 Å². The maximum absolute atomic E-state index is 12.9. The molecular weight excluding hydrogens is 418 g/mol. The summed E-state index contributed by atoms with van der Waals surface area (Å²) in [5, 5.41) is 11.3. The largest absolute Gasteiger partial charge is 0.495 e. The smallest absolute Gasteiger partial charge is 0.275 e. The van der Waals surface area contributed by atoms with Crippen molar-refractivity contribution in [3.05, 3.63) is 53.2 Å². The normalized spacial score (nSPS) is 15.6. The molecule has 1 unspecified atom stereocenters. The third kappa shape index (κ3) is 4.35. The van der Waals surface area contributed by atoms with Gasteiger partial charge in [-0.1, -0.05) is 29.8 Å². The number of nitrogens with one attached hydrogen (secondary N) is 2. The van der Waals surface area contributed by atoms with Crippen LogP contribution in [0.3, 0.4) is 0 Å². The van der Waals surface area contributed by atoms with Crippen molar-refractivity contribution in [3.63, 3.8) is 0 Å². The molecule has 2 aromatic carbocycles. The van der Waals surface area contributed by atoms with Gasteiger partial charge in [0.05, 0.1) is 23.7 Å². The highest BCUT2D eigenvalue weighted by Gasteiger charge is 2.29. The number of benzene rings is 2. The maximum Gasteiger partial charge on any atom is 0.275 e. The number of aromatic amines is 1. The van der Waals surface area contributed by atoms with Gasteiger partial charge in [0.15, 0.2) is 5.69 Å². The molecule has 0 radical (unpaired) electrons. The zero-order valence-corrected chi connectivity index (χ0v) is 18.1. The van der Waals surface area contributed by atoms with E-state index in [9.17, 15) is 9.59 Å². The molecule has 1 saturated heterocycles. The molecule has 8 nitrogen and oxygen atoms in total. The van der Waals surface area contributed by atoms with Gasteiger partial charge in [0.2, 0.25) is 5.91 Å². The number of piperazine rings is 1.